The Morgan fingerprint density at radius 1 is 1.22 bits per heavy atom. The largest absolute Gasteiger partial charge is 0.416 e. The van der Waals surface area contributed by atoms with Crippen LogP contribution >= 0.6 is 0 Å². The Morgan fingerprint density at radius 3 is 2.44 bits per heavy atom. The maximum Gasteiger partial charge on any atom is 0.416 e. The fourth-order valence-corrected chi connectivity index (χ4v) is 2.47. The molecular weight excluding hydrogens is 243 g/mol. The minimum atomic E-state index is -4.29. The molecule has 0 radical (unpaired) electrons. The van der Waals surface area contributed by atoms with Crippen molar-refractivity contribution in [3.05, 3.63) is 35.4 Å². The normalized spacial score (nSPS) is 25.1. The second-order valence-corrected chi connectivity index (χ2v) is 4.66. The van der Waals surface area contributed by atoms with Crippen molar-refractivity contribution in [3.8, 4) is 0 Å². The molecule has 2 atom stereocenters. The third kappa shape index (κ3) is 2.84. The number of benzene rings is 1. The van der Waals surface area contributed by atoms with Crippen LogP contribution in [0.3, 0.4) is 0 Å². The third-order valence-electron chi connectivity index (χ3n) is 3.51. The Morgan fingerprint density at radius 2 is 1.89 bits per heavy atom. The molecule has 2 rings (SSSR count). The van der Waals surface area contributed by atoms with Gasteiger partial charge in [0.25, 0.3) is 0 Å². The van der Waals surface area contributed by atoms with Crippen LogP contribution in [-0.2, 0) is 6.18 Å². The highest BCUT2D eigenvalue weighted by atomic mass is 19.4. The van der Waals surface area contributed by atoms with Crippen molar-refractivity contribution < 1.29 is 18.3 Å². The first-order valence-corrected chi connectivity index (χ1v) is 6.01. The molecule has 0 aromatic heterocycles. The van der Waals surface area contributed by atoms with Crippen LogP contribution in [0.4, 0.5) is 13.2 Å². The summed E-state index contributed by atoms with van der Waals surface area (Å²) in [5.74, 6) is 0.217. The number of aliphatic hydroxyl groups is 1. The van der Waals surface area contributed by atoms with Gasteiger partial charge in [0.05, 0.1) is 5.56 Å². The average molecular weight is 259 g/mol. The van der Waals surface area contributed by atoms with Gasteiger partial charge in [0, 0.05) is 19.1 Å². The molecule has 2 unspecified atom stereocenters. The second kappa shape index (κ2) is 5.28. The quantitative estimate of drug-likeness (QED) is 0.854. The van der Waals surface area contributed by atoms with Gasteiger partial charge in [-0.05, 0) is 36.6 Å². The van der Waals surface area contributed by atoms with Gasteiger partial charge in [-0.25, -0.2) is 0 Å². The molecular formula is C13H16F3NO. The van der Waals surface area contributed by atoms with Crippen LogP contribution in [0.2, 0.25) is 0 Å². The topological polar surface area (TPSA) is 32.3 Å². The van der Waals surface area contributed by atoms with Crippen molar-refractivity contribution in [3.63, 3.8) is 0 Å². The Kier molecular flexibility index (Phi) is 3.92. The van der Waals surface area contributed by atoms with Crippen LogP contribution in [0.25, 0.3) is 0 Å². The number of nitrogens with one attached hydrogen (secondary N) is 1. The molecule has 1 fully saturated rings. The Hall–Kier alpha value is -1.07. The van der Waals surface area contributed by atoms with Crippen molar-refractivity contribution in [2.24, 2.45) is 5.92 Å². The lowest BCUT2D eigenvalue weighted by Gasteiger charge is -2.31. The molecule has 1 aromatic carbocycles. The van der Waals surface area contributed by atoms with E-state index in [1.54, 1.807) is 0 Å². The first kappa shape index (κ1) is 13.4. The van der Waals surface area contributed by atoms with Crippen LogP contribution in [-0.4, -0.2) is 24.8 Å². The van der Waals surface area contributed by atoms with Crippen molar-refractivity contribution in [2.45, 2.75) is 18.5 Å². The van der Waals surface area contributed by atoms with Crippen molar-refractivity contribution in [1.29, 1.82) is 0 Å². The van der Waals surface area contributed by atoms with E-state index in [2.05, 4.69) is 5.32 Å². The Labute approximate surface area is 104 Å². The molecule has 18 heavy (non-hydrogen) atoms. The molecule has 1 saturated heterocycles. The predicted octanol–water partition coefficient (Wildman–Crippen LogP) is 2.39. The molecule has 2 N–H and O–H groups in total. The number of hydrogen-bond donors (Lipinski definition) is 2. The van der Waals surface area contributed by atoms with Crippen LogP contribution in [0, 0.1) is 5.92 Å². The number of piperidine rings is 1. The molecule has 5 heteroatoms. The van der Waals surface area contributed by atoms with E-state index in [-0.39, 0.29) is 18.4 Å². The second-order valence-electron chi connectivity index (χ2n) is 4.66. The van der Waals surface area contributed by atoms with Gasteiger partial charge in [-0.2, -0.15) is 13.2 Å². The zero-order chi connectivity index (χ0) is 13.2. The Balaban J connectivity index is 2.18. The molecule has 0 aliphatic carbocycles. The summed E-state index contributed by atoms with van der Waals surface area (Å²) < 4.78 is 37.4. The zero-order valence-electron chi connectivity index (χ0n) is 9.87. The first-order valence-electron chi connectivity index (χ1n) is 6.01. The Bertz CT molecular complexity index is 388. The maximum atomic E-state index is 12.5. The molecule has 0 bridgehead atoms. The molecule has 0 spiro atoms. The fraction of sp³-hybridized carbons (Fsp3) is 0.538. The highest BCUT2D eigenvalue weighted by molar-refractivity contribution is 5.28. The van der Waals surface area contributed by atoms with E-state index in [1.807, 2.05) is 0 Å². The van der Waals surface area contributed by atoms with Crippen molar-refractivity contribution in [2.75, 3.05) is 19.7 Å². The smallest absolute Gasteiger partial charge is 0.396 e. The van der Waals surface area contributed by atoms with Gasteiger partial charge in [0.15, 0.2) is 0 Å². The zero-order valence-corrected chi connectivity index (χ0v) is 9.87. The highest BCUT2D eigenvalue weighted by Crippen LogP contribution is 2.33. The summed E-state index contributed by atoms with van der Waals surface area (Å²) in [5, 5.41) is 12.5. The lowest BCUT2D eigenvalue weighted by Crippen LogP contribution is -2.37. The summed E-state index contributed by atoms with van der Waals surface area (Å²) in [7, 11) is 0. The van der Waals surface area contributed by atoms with Crippen LogP contribution < -0.4 is 5.32 Å². The minimum absolute atomic E-state index is 0.0543. The van der Waals surface area contributed by atoms with Gasteiger partial charge in [-0.15, -0.1) is 0 Å². The molecule has 2 nitrogen and oxygen atoms in total. The molecule has 0 saturated carbocycles. The van der Waals surface area contributed by atoms with Gasteiger partial charge in [0.2, 0.25) is 0 Å². The SMILES string of the molecule is OCC1CNCCC1c1ccc(C(F)(F)F)cc1. The maximum absolute atomic E-state index is 12.5. The molecule has 1 aliphatic rings. The summed E-state index contributed by atoms with van der Waals surface area (Å²) in [4.78, 5) is 0. The van der Waals surface area contributed by atoms with Crippen LogP contribution in [0.1, 0.15) is 23.5 Å². The van der Waals surface area contributed by atoms with E-state index in [9.17, 15) is 18.3 Å². The number of hydrogen-bond acceptors (Lipinski definition) is 2. The molecule has 1 aromatic rings. The number of halogens is 3. The van der Waals surface area contributed by atoms with E-state index in [0.29, 0.717) is 6.54 Å². The summed E-state index contributed by atoms with van der Waals surface area (Å²) in [6.45, 7) is 1.60. The third-order valence-corrected chi connectivity index (χ3v) is 3.51. The van der Waals surface area contributed by atoms with E-state index in [1.165, 1.54) is 12.1 Å². The van der Waals surface area contributed by atoms with Gasteiger partial charge in [-0.1, -0.05) is 12.1 Å². The minimum Gasteiger partial charge on any atom is -0.396 e. The predicted molar refractivity (Wildman–Crippen MR) is 62.2 cm³/mol. The summed E-state index contributed by atoms with van der Waals surface area (Å²) in [6, 6.07) is 5.29. The van der Waals surface area contributed by atoms with E-state index in [0.717, 1.165) is 30.7 Å². The monoisotopic (exact) mass is 259 g/mol. The molecule has 1 aliphatic heterocycles. The van der Waals surface area contributed by atoms with Gasteiger partial charge < -0.3 is 10.4 Å². The first-order chi connectivity index (χ1) is 8.52. The lowest BCUT2D eigenvalue weighted by molar-refractivity contribution is -0.137. The number of alkyl halides is 3. The summed E-state index contributed by atoms with van der Waals surface area (Å²) in [6.07, 6.45) is -3.44. The van der Waals surface area contributed by atoms with E-state index < -0.39 is 11.7 Å². The molecule has 0 amide bonds. The van der Waals surface area contributed by atoms with Crippen molar-refractivity contribution >= 4 is 0 Å². The van der Waals surface area contributed by atoms with Crippen LogP contribution in [0.5, 0.6) is 0 Å². The van der Waals surface area contributed by atoms with Crippen molar-refractivity contribution in [1.82, 2.24) is 5.32 Å². The van der Waals surface area contributed by atoms with Crippen LogP contribution in [0.15, 0.2) is 24.3 Å². The average Bonchev–Trinajstić information content (AvgIpc) is 2.38. The van der Waals surface area contributed by atoms with E-state index in [4.69, 9.17) is 0 Å². The lowest BCUT2D eigenvalue weighted by atomic mass is 9.81. The fourth-order valence-electron chi connectivity index (χ4n) is 2.47. The highest BCUT2D eigenvalue weighted by Gasteiger charge is 2.31. The number of aliphatic hydroxyl groups excluding tert-OH is 1. The van der Waals surface area contributed by atoms with Gasteiger partial charge in [-0.3, -0.25) is 0 Å². The molecule has 100 valence electrons. The van der Waals surface area contributed by atoms with Gasteiger partial charge >= 0.3 is 6.18 Å². The molecule has 1 heterocycles. The summed E-state index contributed by atoms with van der Waals surface area (Å²) in [5.41, 5.74) is 0.254. The van der Waals surface area contributed by atoms with Gasteiger partial charge in [0.1, 0.15) is 0 Å². The van der Waals surface area contributed by atoms with E-state index >= 15 is 0 Å². The number of rotatable bonds is 2. The summed E-state index contributed by atoms with van der Waals surface area (Å²) >= 11 is 0. The standard InChI is InChI=1S/C13H16F3NO/c14-13(15,16)11-3-1-9(2-4-11)12-5-6-17-7-10(12)8-18/h1-4,10,12,17-18H,5-8H2.